The van der Waals surface area contributed by atoms with E-state index in [-0.39, 0.29) is 0 Å². The number of alkyl halides is 3. The molecule has 3 rings (SSSR count). The van der Waals surface area contributed by atoms with E-state index in [2.05, 4.69) is 15.6 Å². The van der Waals surface area contributed by atoms with Gasteiger partial charge in [0.1, 0.15) is 17.1 Å². The van der Waals surface area contributed by atoms with Gasteiger partial charge in [-0.3, -0.25) is 4.98 Å². The van der Waals surface area contributed by atoms with Crippen LogP contribution in [0.3, 0.4) is 0 Å². The number of rotatable bonds is 6. The molecular formula is C26H23ClF3N3O4. The van der Waals surface area contributed by atoms with Crippen LogP contribution < -0.4 is 15.4 Å². The summed E-state index contributed by atoms with van der Waals surface area (Å²) in [5.74, 6) is 0.365. The Bertz CT molecular complexity index is 1300. The summed E-state index contributed by atoms with van der Waals surface area (Å²) in [6.07, 6.45) is -0.464. The lowest BCUT2D eigenvalue weighted by atomic mass is 10.1. The summed E-state index contributed by atoms with van der Waals surface area (Å²) in [4.78, 5) is 28.2. The van der Waals surface area contributed by atoms with Gasteiger partial charge < -0.3 is 20.1 Å². The zero-order chi connectivity index (χ0) is 27.2. The van der Waals surface area contributed by atoms with Crippen molar-refractivity contribution >= 4 is 41.1 Å². The molecule has 1 heterocycles. The second kappa shape index (κ2) is 11.3. The highest BCUT2D eigenvalue weighted by Crippen LogP contribution is 2.39. The van der Waals surface area contributed by atoms with E-state index in [4.69, 9.17) is 21.1 Å². The predicted molar refractivity (Wildman–Crippen MR) is 135 cm³/mol. The fraction of sp³-hybridized carbons (Fsp3) is 0.192. The van der Waals surface area contributed by atoms with Gasteiger partial charge >= 0.3 is 18.2 Å². The maximum absolute atomic E-state index is 13.3. The molecule has 0 radical (unpaired) electrons. The lowest BCUT2D eigenvalue weighted by Crippen LogP contribution is -2.22. The van der Waals surface area contributed by atoms with Crippen molar-refractivity contribution in [3.05, 3.63) is 83.2 Å². The number of anilines is 2. The SMILES string of the molecule is CC(C)(C)OC(=O)C=Cc1cc(Oc2ccc(NC(=O)Nc3cccc(Cl)c3C(F)(F)F)cc2)ccn1. The van der Waals surface area contributed by atoms with Gasteiger partial charge in [0.15, 0.2) is 0 Å². The van der Waals surface area contributed by atoms with E-state index in [1.165, 1.54) is 36.5 Å². The zero-order valence-corrected chi connectivity index (χ0v) is 20.8. The average Bonchev–Trinajstić information content (AvgIpc) is 2.77. The van der Waals surface area contributed by atoms with Crippen molar-refractivity contribution in [1.82, 2.24) is 4.98 Å². The Kier molecular flexibility index (Phi) is 8.44. The minimum atomic E-state index is -4.74. The second-order valence-corrected chi connectivity index (χ2v) is 9.06. The molecule has 194 valence electrons. The number of urea groups is 1. The van der Waals surface area contributed by atoms with Crippen LogP contribution in [0.4, 0.5) is 29.3 Å². The number of carbonyl (C=O) groups excluding carboxylic acids is 2. The molecule has 3 aromatic rings. The van der Waals surface area contributed by atoms with E-state index in [1.807, 2.05) is 0 Å². The van der Waals surface area contributed by atoms with Gasteiger partial charge in [-0.1, -0.05) is 17.7 Å². The van der Waals surface area contributed by atoms with Gasteiger partial charge in [-0.25, -0.2) is 9.59 Å². The van der Waals surface area contributed by atoms with E-state index >= 15 is 0 Å². The fourth-order valence-corrected chi connectivity index (χ4v) is 3.30. The number of amides is 2. The number of carbonyl (C=O) groups is 2. The van der Waals surface area contributed by atoms with Crippen molar-refractivity contribution < 1.29 is 32.2 Å². The quantitative estimate of drug-likeness (QED) is 0.252. The predicted octanol–water partition coefficient (Wildman–Crippen LogP) is 7.55. The van der Waals surface area contributed by atoms with E-state index in [0.717, 1.165) is 12.1 Å². The minimum absolute atomic E-state index is 0.316. The van der Waals surface area contributed by atoms with Crippen molar-refractivity contribution in [2.45, 2.75) is 32.5 Å². The molecule has 0 atom stereocenters. The first-order valence-corrected chi connectivity index (χ1v) is 11.3. The Labute approximate surface area is 216 Å². The van der Waals surface area contributed by atoms with E-state index in [0.29, 0.717) is 22.9 Å². The lowest BCUT2D eigenvalue weighted by Gasteiger charge is -2.17. The van der Waals surface area contributed by atoms with Crippen LogP contribution in [-0.4, -0.2) is 22.6 Å². The molecule has 0 unspecified atom stereocenters. The van der Waals surface area contributed by atoms with Gasteiger partial charge in [-0.15, -0.1) is 0 Å². The highest BCUT2D eigenvalue weighted by molar-refractivity contribution is 6.32. The van der Waals surface area contributed by atoms with Gasteiger partial charge in [0.25, 0.3) is 0 Å². The number of esters is 1. The molecule has 0 bridgehead atoms. The zero-order valence-electron chi connectivity index (χ0n) is 20.0. The Balaban J connectivity index is 1.61. The molecule has 0 aliphatic rings. The first kappa shape index (κ1) is 27.5. The number of ether oxygens (including phenoxy) is 2. The maximum atomic E-state index is 13.3. The monoisotopic (exact) mass is 533 g/mol. The molecule has 0 spiro atoms. The number of hydrogen-bond acceptors (Lipinski definition) is 5. The molecule has 1 aromatic heterocycles. The van der Waals surface area contributed by atoms with Crippen LogP contribution in [-0.2, 0) is 15.7 Å². The first-order chi connectivity index (χ1) is 17.3. The van der Waals surface area contributed by atoms with Crippen LogP contribution in [0, 0.1) is 0 Å². The molecule has 2 N–H and O–H groups in total. The Hall–Kier alpha value is -4.05. The number of hydrogen-bond donors (Lipinski definition) is 2. The molecule has 2 aromatic carbocycles. The van der Waals surface area contributed by atoms with Crippen LogP contribution in [0.1, 0.15) is 32.0 Å². The van der Waals surface area contributed by atoms with Crippen molar-refractivity contribution in [2.24, 2.45) is 0 Å². The normalized spacial score (nSPS) is 11.8. The van der Waals surface area contributed by atoms with Crippen LogP contribution in [0.2, 0.25) is 5.02 Å². The number of pyridine rings is 1. The van der Waals surface area contributed by atoms with Gasteiger partial charge in [-0.05, 0) is 69.3 Å². The molecular weight excluding hydrogens is 511 g/mol. The summed E-state index contributed by atoms with van der Waals surface area (Å²) >= 11 is 5.67. The standard InChI is InChI=1S/C26H23ClF3N3O4/c1-25(2,3)37-22(34)12-9-17-15-19(13-14-31-17)36-18-10-7-16(8-11-18)32-24(35)33-21-6-4-5-20(27)23(21)26(28,29)30/h4-15H,1-3H3,(H2,32,33,35). The second-order valence-electron chi connectivity index (χ2n) is 8.65. The molecule has 0 aliphatic heterocycles. The third-order valence-corrected chi connectivity index (χ3v) is 4.76. The van der Waals surface area contributed by atoms with E-state index in [1.54, 1.807) is 45.0 Å². The highest BCUT2D eigenvalue weighted by Gasteiger charge is 2.36. The third kappa shape index (κ3) is 8.53. The minimum Gasteiger partial charge on any atom is -0.457 e. The number of benzene rings is 2. The summed E-state index contributed by atoms with van der Waals surface area (Å²) in [6, 6.07) is 12.0. The van der Waals surface area contributed by atoms with Crippen LogP contribution in [0.15, 0.2) is 66.9 Å². The molecule has 0 aliphatic carbocycles. The van der Waals surface area contributed by atoms with Crippen molar-refractivity contribution in [3.63, 3.8) is 0 Å². The first-order valence-electron chi connectivity index (χ1n) is 10.9. The number of nitrogens with zero attached hydrogens (tertiary/aromatic N) is 1. The molecule has 0 saturated heterocycles. The summed E-state index contributed by atoms with van der Waals surface area (Å²) in [6.45, 7) is 5.30. The molecule has 0 fully saturated rings. The Morgan fingerprint density at radius 2 is 1.68 bits per heavy atom. The van der Waals surface area contributed by atoms with Crippen LogP contribution in [0.5, 0.6) is 11.5 Å². The number of nitrogens with one attached hydrogen (secondary N) is 2. The summed E-state index contributed by atoms with van der Waals surface area (Å²) < 4.78 is 50.8. The number of halogens is 4. The van der Waals surface area contributed by atoms with Gasteiger partial charge in [0.05, 0.1) is 22.0 Å². The molecule has 37 heavy (non-hydrogen) atoms. The summed E-state index contributed by atoms with van der Waals surface area (Å²) in [7, 11) is 0. The Morgan fingerprint density at radius 3 is 2.32 bits per heavy atom. The smallest absolute Gasteiger partial charge is 0.419 e. The molecule has 11 heteroatoms. The van der Waals surface area contributed by atoms with Crippen molar-refractivity contribution in [1.29, 1.82) is 0 Å². The van der Waals surface area contributed by atoms with E-state index < -0.39 is 40.1 Å². The third-order valence-electron chi connectivity index (χ3n) is 4.44. The molecule has 2 amide bonds. The summed E-state index contributed by atoms with van der Waals surface area (Å²) in [5, 5.41) is 4.10. The van der Waals surface area contributed by atoms with Gasteiger partial charge in [-0.2, -0.15) is 13.2 Å². The lowest BCUT2D eigenvalue weighted by molar-refractivity contribution is -0.148. The van der Waals surface area contributed by atoms with Crippen LogP contribution >= 0.6 is 11.6 Å². The fourth-order valence-electron chi connectivity index (χ4n) is 3.02. The Morgan fingerprint density at radius 1 is 0.973 bits per heavy atom. The van der Waals surface area contributed by atoms with Crippen LogP contribution in [0.25, 0.3) is 6.08 Å². The number of aromatic nitrogens is 1. The maximum Gasteiger partial charge on any atom is 0.419 e. The molecule has 0 saturated carbocycles. The van der Waals surface area contributed by atoms with E-state index in [9.17, 15) is 22.8 Å². The topological polar surface area (TPSA) is 89.5 Å². The van der Waals surface area contributed by atoms with Gasteiger partial charge in [0.2, 0.25) is 0 Å². The largest absolute Gasteiger partial charge is 0.457 e. The summed E-state index contributed by atoms with van der Waals surface area (Å²) in [5.41, 5.74) is -1.42. The highest BCUT2D eigenvalue weighted by atomic mass is 35.5. The van der Waals surface area contributed by atoms with Gasteiger partial charge in [0, 0.05) is 24.0 Å². The average molecular weight is 534 g/mol. The van der Waals surface area contributed by atoms with Crippen molar-refractivity contribution in [2.75, 3.05) is 10.6 Å². The molecule has 7 nitrogen and oxygen atoms in total. The van der Waals surface area contributed by atoms with Crippen molar-refractivity contribution in [3.8, 4) is 11.5 Å².